The fraction of sp³-hybridized carbons (Fsp3) is 0.812. The van der Waals surface area contributed by atoms with E-state index in [-0.39, 0.29) is 6.04 Å². The highest BCUT2D eigenvalue weighted by molar-refractivity contribution is 5.29. The van der Waals surface area contributed by atoms with Gasteiger partial charge in [-0.1, -0.05) is 13.8 Å². The summed E-state index contributed by atoms with van der Waals surface area (Å²) < 4.78 is 13.4. The molecule has 1 fully saturated rings. The Hall–Kier alpha value is -1.07. The monoisotopic (exact) mass is 295 g/mol. The van der Waals surface area contributed by atoms with E-state index in [0.717, 1.165) is 51.3 Å². The zero-order valence-electron chi connectivity index (χ0n) is 13.6. The molecule has 5 heteroatoms. The lowest BCUT2D eigenvalue weighted by atomic mass is 9.91. The topological polar surface area (TPSA) is 48.3 Å². The lowest BCUT2D eigenvalue weighted by Gasteiger charge is -2.32. The van der Waals surface area contributed by atoms with Crippen molar-refractivity contribution in [3.8, 4) is 5.75 Å². The first-order valence-electron chi connectivity index (χ1n) is 8.22. The van der Waals surface area contributed by atoms with Crippen molar-refractivity contribution in [2.75, 3.05) is 26.9 Å². The van der Waals surface area contributed by atoms with Crippen LogP contribution in [0.2, 0.25) is 0 Å². The normalized spacial score (nSPS) is 20.4. The number of rotatable bonds is 8. The van der Waals surface area contributed by atoms with Crippen LogP contribution in [0.3, 0.4) is 0 Å². The fourth-order valence-electron chi connectivity index (χ4n) is 3.05. The predicted octanol–water partition coefficient (Wildman–Crippen LogP) is 2.77. The van der Waals surface area contributed by atoms with Crippen molar-refractivity contribution < 1.29 is 9.47 Å². The van der Waals surface area contributed by atoms with E-state index in [0.29, 0.717) is 5.92 Å². The Morgan fingerprint density at radius 3 is 2.95 bits per heavy atom. The number of nitrogens with one attached hydrogen (secondary N) is 1. The van der Waals surface area contributed by atoms with Gasteiger partial charge < -0.3 is 14.8 Å². The molecule has 21 heavy (non-hydrogen) atoms. The van der Waals surface area contributed by atoms with Crippen LogP contribution in [0.5, 0.6) is 5.75 Å². The number of nitrogens with zero attached hydrogens (tertiary/aromatic N) is 2. The second-order valence-corrected chi connectivity index (χ2v) is 5.73. The number of methoxy groups -OCH3 is 1. The molecule has 0 spiro atoms. The Bertz CT molecular complexity index is 414. The van der Waals surface area contributed by atoms with Crippen molar-refractivity contribution in [1.82, 2.24) is 15.1 Å². The fourth-order valence-corrected chi connectivity index (χ4v) is 3.05. The van der Waals surface area contributed by atoms with Gasteiger partial charge in [-0.15, -0.1) is 0 Å². The zero-order chi connectivity index (χ0) is 15.1. The molecule has 2 heterocycles. The molecular formula is C16H29N3O2. The first-order valence-corrected chi connectivity index (χ1v) is 8.22. The van der Waals surface area contributed by atoms with E-state index in [1.807, 2.05) is 6.20 Å². The largest absolute Gasteiger partial charge is 0.493 e. The van der Waals surface area contributed by atoms with Crippen LogP contribution < -0.4 is 10.1 Å². The van der Waals surface area contributed by atoms with E-state index in [4.69, 9.17) is 9.47 Å². The summed E-state index contributed by atoms with van der Waals surface area (Å²) in [7, 11) is 1.73. The summed E-state index contributed by atoms with van der Waals surface area (Å²) in [6.45, 7) is 8.01. The summed E-state index contributed by atoms with van der Waals surface area (Å²) in [6, 6.07) is 0.259. The van der Waals surface area contributed by atoms with Gasteiger partial charge in [0.15, 0.2) is 5.75 Å². The summed E-state index contributed by atoms with van der Waals surface area (Å²) in [5.74, 6) is 1.38. The molecule has 1 N–H and O–H groups in total. The maximum Gasteiger partial charge on any atom is 0.161 e. The molecule has 0 bridgehead atoms. The Morgan fingerprint density at radius 2 is 2.33 bits per heavy atom. The van der Waals surface area contributed by atoms with Crippen molar-refractivity contribution in [3.05, 3.63) is 11.9 Å². The van der Waals surface area contributed by atoms with Crippen LogP contribution in [0.1, 0.15) is 51.3 Å². The minimum Gasteiger partial charge on any atom is -0.493 e. The van der Waals surface area contributed by atoms with Crippen LogP contribution in [0.15, 0.2) is 6.20 Å². The van der Waals surface area contributed by atoms with E-state index >= 15 is 0 Å². The quantitative estimate of drug-likeness (QED) is 0.801. The van der Waals surface area contributed by atoms with Gasteiger partial charge in [0, 0.05) is 19.1 Å². The standard InChI is InChI=1S/C16H29N3O2/c1-4-8-17-15(13-7-6-10-21-12-13)16-14(20-3)11-18-19(16)9-5-2/h11,13,15,17H,4-10,12H2,1-3H3. The highest BCUT2D eigenvalue weighted by atomic mass is 16.5. The molecule has 1 aliphatic rings. The van der Waals surface area contributed by atoms with E-state index in [1.54, 1.807) is 7.11 Å². The van der Waals surface area contributed by atoms with Gasteiger partial charge in [0.25, 0.3) is 0 Å². The first kappa shape index (κ1) is 16.3. The number of hydrogen-bond donors (Lipinski definition) is 1. The maximum absolute atomic E-state index is 5.70. The average Bonchev–Trinajstić information content (AvgIpc) is 2.92. The van der Waals surface area contributed by atoms with E-state index in [1.165, 1.54) is 12.1 Å². The molecule has 1 saturated heterocycles. The van der Waals surface area contributed by atoms with Gasteiger partial charge in [0.1, 0.15) is 0 Å². The molecule has 0 aromatic carbocycles. The third-order valence-electron chi connectivity index (χ3n) is 4.08. The van der Waals surface area contributed by atoms with Crippen molar-refractivity contribution in [2.24, 2.45) is 5.92 Å². The Morgan fingerprint density at radius 1 is 1.48 bits per heavy atom. The lowest BCUT2D eigenvalue weighted by molar-refractivity contribution is 0.0372. The van der Waals surface area contributed by atoms with Gasteiger partial charge in [-0.25, -0.2) is 0 Å². The molecule has 0 saturated carbocycles. The lowest BCUT2D eigenvalue weighted by Crippen LogP contribution is -2.35. The molecular weight excluding hydrogens is 266 g/mol. The number of ether oxygens (including phenoxy) is 2. The van der Waals surface area contributed by atoms with Crippen LogP contribution in [-0.4, -0.2) is 36.6 Å². The van der Waals surface area contributed by atoms with Gasteiger partial charge in [-0.05, 0) is 32.2 Å². The minimum absolute atomic E-state index is 0.259. The van der Waals surface area contributed by atoms with E-state index in [9.17, 15) is 0 Å². The van der Waals surface area contributed by atoms with Crippen LogP contribution in [0.4, 0.5) is 0 Å². The molecule has 2 rings (SSSR count). The molecule has 1 aliphatic heterocycles. The van der Waals surface area contributed by atoms with Crippen molar-refractivity contribution >= 4 is 0 Å². The highest BCUT2D eigenvalue weighted by Gasteiger charge is 2.30. The third kappa shape index (κ3) is 3.98. The Balaban J connectivity index is 2.27. The number of aromatic nitrogens is 2. The molecule has 0 radical (unpaired) electrons. The van der Waals surface area contributed by atoms with E-state index in [2.05, 4.69) is 28.9 Å². The molecule has 5 nitrogen and oxygen atoms in total. The second kappa shape index (κ2) is 8.39. The predicted molar refractivity (Wildman–Crippen MR) is 83.6 cm³/mol. The molecule has 0 aliphatic carbocycles. The van der Waals surface area contributed by atoms with Gasteiger partial charge in [-0.3, -0.25) is 4.68 Å². The van der Waals surface area contributed by atoms with Crippen LogP contribution in [0.25, 0.3) is 0 Å². The summed E-state index contributed by atoms with van der Waals surface area (Å²) in [5, 5.41) is 8.21. The Labute approximate surface area is 128 Å². The SMILES string of the molecule is CCCNC(c1c(OC)cnn1CCC)C1CCCOC1. The zero-order valence-corrected chi connectivity index (χ0v) is 13.6. The third-order valence-corrected chi connectivity index (χ3v) is 4.08. The smallest absolute Gasteiger partial charge is 0.161 e. The summed E-state index contributed by atoms with van der Waals surface area (Å²) in [6.07, 6.45) is 6.37. The number of hydrogen-bond acceptors (Lipinski definition) is 4. The summed E-state index contributed by atoms with van der Waals surface area (Å²) >= 11 is 0. The summed E-state index contributed by atoms with van der Waals surface area (Å²) in [5.41, 5.74) is 1.18. The van der Waals surface area contributed by atoms with Crippen LogP contribution in [0, 0.1) is 5.92 Å². The van der Waals surface area contributed by atoms with Gasteiger partial charge in [-0.2, -0.15) is 5.10 Å². The maximum atomic E-state index is 5.70. The molecule has 1 aromatic rings. The minimum atomic E-state index is 0.259. The number of aryl methyl sites for hydroxylation is 1. The molecule has 120 valence electrons. The van der Waals surface area contributed by atoms with Crippen LogP contribution in [-0.2, 0) is 11.3 Å². The molecule has 0 amide bonds. The second-order valence-electron chi connectivity index (χ2n) is 5.73. The van der Waals surface area contributed by atoms with Crippen molar-refractivity contribution in [3.63, 3.8) is 0 Å². The van der Waals surface area contributed by atoms with Crippen molar-refractivity contribution in [1.29, 1.82) is 0 Å². The summed E-state index contributed by atoms with van der Waals surface area (Å²) in [4.78, 5) is 0. The van der Waals surface area contributed by atoms with Crippen LogP contribution >= 0.6 is 0 Å². The molecule has 2 unspecified atom stereocenters. The Kier molecular flexibility index (Phi) is 6.51. The van der Waals surface area contributed by atoms with Crippen molar-refractivity contribution in [2.45, 2.75) is 52.1 Å². The molecule has 1 aromatic heterocycles. The highest BCUT2D eigenvalue weighted by Crippen LogP contribution is 2.34. The van der Waals surface area contributed by atoms with E-state index < -0.39 is 0 Å². The first-order chi connectivity index (χ1) is 10.3. The van der Waals surface area contributed by atoms with Gasteiger partial charge in [0.05, 0.1) is 31.6 Å². The molecule has 2 atom stereocenters. The average molecular weight is 295 g/mol. The van der Waals surface area contributed by atoms with Gasteiger partial charge in [0.2, 0.25) is 0 Å². The van der Waals surface area contributed by atoms with Gasteiger partial charge >= 0.3 is 0 Å².